The zero-order valence-electron chi connectivity index (χ0n) is 10.8. The van der Waals surface area contributed by atoms with E-state index in [9.17, 15) is 12.8 Å². The van der Waals surface area contributed by atoms with Gasteiger partial charge >= 0.3 is 0 Å². The maximum atomic E-state index is 13.2. The van der Waals surface area contributed by atoms with Gasteiger partial charge in [0.1, 0.15) is 5.83 Å². The molecule has 2 aliphatic rings. The normalized spacial score (nSPS) is 17.9. The third-order valence-corrected chi connectivity index (χ3v) is 4.40. The molecule has 3 rings (SSSR count). The molecule has 3 nitrogen and oxygen atoms in total. The van der Waals surface area contributed by atoms with Crippen LogP contribution in [0.3, 0.4) is 0 Å². The van der Waals surface area contributed by atoms with Crippen LogP contribution in [-0.4, -0.2) is 20.4 Å². The quantitative estimate of drug-likeness (QED) is 0.840. The Kier molecular flexibility index (Phi) is 2.94. The molecule has 0 saturated carbocycles. The van der Waals surface area contributed by atoms with Crippen LogP contribution in [0.4, 0.5) is 4.39 Å². The first-order valence-electron chi connectivity index (χ1n) is 6.09. The summed E-state index contributed by atoms with van der Waals surface area (Å²) in [5, 5.41) is 0. The standard InChI is InChI=1S/C15H12FNO2S/c1-20(18,19)12-4-2-3-10(7-12)14-9-17-15-8-11(16)5-6-13(14)15/h2-7,9H,8H2,1H3. The Hall–Kier alpha value is -2.01. The van der Waals surface area contributed by atoms with E-state index in [1.54, 1.807) is 30.5 Å². The van der Waals surface area contributed by atoms with Crippen molar-refractivity contribution in [2.75, 3.05) is 6.26 Å². The summed E-state index contributed by atoms with van der Waals surface area (Å²) in [5.74, 6) is -0.216. The molecule has 0 N–H and O–H groups in total. The lowest BCUT2D eigenvalue weighted by Gasteiger charge is -2.12. The Bertz CT molecular complexity index is 814. The maximum Gasteiger partial charge on any atom is 0.175 e. The van der Waals surface area contributed by atoms with Crippen LogP contribution in [0.5, 0.6) is 0 Å². The highest BCUT2D eigenvalue weighted by Gasteiger charge is 2.23. The molecule has 1 heterocycles. The first-order valence-corrected chi connectivity index (χ1v) is 7.99. The van der Waals surface area contributed by atoms with Crippen LogP contribution in [0.15, 0.2) is 63.9 Å². The van der Waals surface area contributed by atoms with Crippen LogP contribution < -0.4 is 0 Å². The number of hydrogen-bond acceptors (Lipinski definition) is 3. The molecule has 0 unspecified atom stereocenters. The van der Waals surface area contributed by atoms with Gasteiger partial charge in [0.2, 0.25) is 0 Å². The average Bonchev–Trinajstić information content (AvgIpc) is 2.80. The Morgan fingerprint density at radius 2 is 2.00 bits per heavy atom. The summed E-state index contributed by atoms with van der Waals surface area (Å²) in [7, 11) is -3.25. The van der Waals surface area contributed by atoms with Gasteiger partial charge in [0.05, 0.1) is 10.6 Å². The molecular weight excluding hydrogens is 277 g/mol. The summed E-state index contributed by atoms with van der Waals surface area (Å²) in [6.07, 6.45) is 6.14. The molecule has 1 aliphatic carbocycles. The molecule has 0 amide bonds. The van der Waals surface area contributed by atoms with Crippen LogP contribution in [0.2, 0.25) is 0 Å². The fourth-order valence-electron chi connectivity index (χ4n) is 2.28. The van der Waals surface area contributed by atoms with Gasteiger partial charge in [-0.25, -0.2) is 12.8 Å². The number of halogens is 1. The summed E-state index contributed by atoms with van der Waals surface area (Å²) >= 11 is 0. The van der Waals surface area contributed by atoms with E-state index >= 15 is 0 Å². The van der Waals surface area contributed by atoms with Gasteiger partial charge in [-0.15, -0.1) is 0 Å². The first-order chi connectivity index (χ1) is 9.45. The summed E-state index contributed by atoms with van der Waals surface area (Å²) in [4.78, 5) is 4.48. The Balaban J connectivity index is 2.04. The van der Waals surface area contributed by atoms with Crippen LogP contribution in [0.1, 0.15) is 12.0 Å². The van der Waals surface area contributed by atoms with Gasteiger partial charge in [0.15, 0.2) is 9.84 Å². The van der Waals surface area contributed by atoms with Gasteiger partial charge in [0.25, 0.3) is 0 Å². The molecule has 20 heavy (non-hydrogen) atoms. The van der Waals surface area contributed by atoms with Gasteiger partial charge in [-0.1, -0.05) is 12.1 Å². The lowest BCUT2D eigenvalue weighted by Crippen LogP contribution is -2.05. The van der Waals surface area contributed by atoms with E-state index in [1.807, 2.05) is 6.07 Å². The van der Waals surface area contributed by atoms with Crippen molar-refractivity contribution in [3.63, 3.8) is 0 Å². The summed E-state index contributed by atoms with van der Waals surface area (Å²) in [5.41, 5.74) is 3.14. The molecule has 0 fully saturated rings. The minimum Gasteiger partial charge on any atom is -0.260 e. The maximum absolute atomic E-state index is 13.2. The van der Waals surface area contributed by atoms with Crippen molar-refractivity contribution >= 4 is 21.1 Å². The van der Waals surface area contributed by atoms with E-state index < -0.39 is 9.84 Å². The number of aliphatic imine (C=N–C) groups is 1. The molecule has 0 bridgehead atoms. The third kappa shape index (κ3) is 2.25. The zero-order valence-corrected chi connectivity index (χ0v) is 11.6. The van der Waals surface area contributed by atoms with Gasteiger partial charge in [-0.05, 0) is 29.8 Å². The second-order valence-electron chi connectivity index (χ2n) is 4.79. The molecule has 0 saturated heterocycles. The van der Waals surface area contributed by atoms with Crippen molar-refractivity contribution < 1.29 is 12.8 Å². The van der Waals surface area contributed by atoms with Gasteiger partial charge in [-0.3, -0.25) is 4.99 Å². The first kappa shape index (κ1) is 13.0. The lowest BCUT2D eigenvalue weighted by molar-refractivity contribution is 0.602. The SMILES string of the molecule is CS(=O)(=O)c1cccc(C2=CN=C3CC(F)=CC=C23)c1. The van der Waals surface area contributed by atoms with Gasteiger partial charge < -0.3 is 0 Å². The van der Waals surface area contributed by atoms with Crippen molar-refractivity contribution in [1.82, 2.24) is 0 Å². The van der Waals surface area contributed by atoms with Crippen LogP contribution in [0.25, 0.3) is 5.57 Å². The molecule has 0 aromatic heterocycles. The number of hydrogen-bond donors (Lipinski definition) is 0. The minimum absolute atomic E-state index is 0.192. The van der Waals surface area contributed by atoms with Crippen molar-refractivity contribution in [2.45, 2.75) is 11.3 Å². The van der Waals surface area contributed by atoms with E-state index in [2.05, 4.69) is 4.99 Å². The van der Waals surface area contributed by atoms with Crippen molar-refractivity contribution in [3.05, 3.63) is 59.6 Å². The number of allylic oxidation sites excluding steroid dienone is 5. The Morgan fingerprint density at radius 1 is 1.20 bits per heavy atom. The molecule has 5 heteroatoms. The predicted octanol–water partition coefficient (Wildman–Crippen LogP) is 3.07. The molecule has 1 aliphatic heterocycles. The number of rotatable bonds is 2. The predicted molar refractivity (Wildman–Crippen MR) is 76.9 cm³/mol. The number of benzene rings is 1. The second-order valence-corrected chi connectivity index (χ2v) is 6.80. The fourth-order valence-corrected chi connectivity index (χ4v) is 2.95. The van der Waals surface area contributed by atoms with Crippen LogP contribution in [0, 0.1) is 0 Å². The zero-order chi connectivity index (χ0) is 14.3. The molecule has 102 valence electrons. The highest BCUT2D eigenvalue weighted by atomic mass is 32.2. The lowest BCUT2D eigenvalue weighted by atomic mass is 9.93. The average molecular weight is 289 g/mol. The van der Waals surface area contributed by atoms with E-state index in [0.29, 0.717) is 5.71 Å². The molecule has 0 atom stereocenters. The largest absolute Gasteiger partial charge is 0.260 e. The summed E-state index contributed by atoms with van der Waals surface area (Å²) < 4.78 is 36.4. The topological polar surface area (TPSA) is 46.5 Å². The second kappa shape index (κ2) is 4.52. The number of sulfone groups is 1. The summed E-state index contributed by atoms with van der Waals surface area (Å²) in [6, 6.07) is 6.71. The number of fused-ring (bicyclic) bond motifs is 1. The number of nitrogens with zero attached hydrogens (tertiary/aromatic N) is 1. The van der Waals surface area contributed by atoms with E-state index in [4.69, 9.17) is 0 Å². The Morgan fingerprint density at radius 3 is 2.75 bits per heavy atom. The van der Waals surface area contributed by atoms with Crippen LogP contribution >= 0.6 is 0 Å². The Labute approximate surface area is 116 Å². The highest BCUT2D eigenvalue weighted by Crippen LogP contribution is 2.34. The van der Waals surface area contributed by atoms with E-state index in [0.717, 1.165) is 16.7 Å². The fraction of sp³-hybridized carbons (Fsp3) is 0.133. The van der Waals surface area contributed by atoms with Gasteiger partial charge in [0, 0.05) is 30.0 Å². The molecular formula is C15H12FNO2S. The van der Waals surface area contributed by atoms with Crippen molar-refractivity contribution in [2.24, 2.45) is 4.99 Å². The molecule has 1 aromatic rings. The molecule has 0 radical (unpaired) electrons. The molecule has 1 aromatic carbocycles. The van der Waals surface area contributed by atoms with Gasteiger partial charge in [-0.2, -0.15) is 0 Å². The van der Waals surface area contributed by atoms with E-state index in [1.165, 1.54) is 12.3 Å². The van der Waals surface area contributed by atoms with Crippen molar-refractivity contribution in [3.8, 4) is 0 Å². The van der Waals surface area contributed by atoms with E-state index in [-0.39, 0.29) is 17.1 Å². The smallest absolute Gasteiger partial charge is 0.175 e. The molecule has 0 spiro atoms. The minimum atomic E-state index is -3.25. The van der Waals surface area contributed by atoms with Crippen LogP contribution in [-0.2, 0) is 9.84 Å². The monoisotopic (exact) mass is 289 g/mol. The summed E-state index contributed by atoms with van der Waals surface area (Å²) in [6.45, 7) is 0. The van der Waals surface area contributed by atoms with Crippen molar-refractivity contribution in [1.29, 1.82) is 0 Å². The third-order valence-electron chi connectivity index (χ3n) is 3.29. The highest BCUT2D eigenvalue weighted by molar-refractivity contribution is 7.90.